The molecule has 2 fully saturated rings. The van der Waals surface area contributed by atoms with Gasteiger partial charge in [-0.1, -0.05) is 6.07 Å². The fraction of sp³-hybridized carbons (Fsp3) is 0.500. The summed E-state index contributed by atoms with van der Waals surface area (Å²) in [6.45, 7) is 6.79. The van der Waals surface area contributed by atoms with Gasteiger partial charge in [-0.3, -0.25) is 4.90 Å². The Labute approximate surface area is 148 Å². The van der Waals surface area contributed by atoms with Crippen LogP contribution in [0, 0.1) is 0 Å². The van der Waals surface area contributed by atoms with Crippen LogP contribution in [-0.2, 0) is 11.3 Å². The molecule has 0 saturated carbocycles. The van der Waals surface area contributed by atoms with Gasteiger partial charge >= 0.3 is 0 Å². The van der Waals surface area contributed by atoms with E-state index in [4.69, 9.17) is 4.74 Å². The van der Waals surface area contributed by atoms with Crippen molar-refractivity contribution in [3.05, 3.63) is 42.5 Å². The summed E-state index contributed by atoms with van der Waals surface area (Å²) in [6.07, 6.45) is 3.68. The zero-order chi connectivity index (χ0) is 17.1. The molecule has 132 valence electrons. The summed E-state index contributed by atoms with van der Waals surface area (Å²) in [6, 6.07) is 8.71. The van der Waals surface area contributed by atoms with E-state index in [1.807, 2.05) is 24.5 Å². The number of hydrogen-bond acceptors (Lipinski definition) is 7. The first-order valence-electron chi connectivity index (χ1n) is 8.79. The van der Waals surface area contributed by atoms with Crippen LogP contribution in [0.2, 0.25) is 0 Å². The van der Waals surface area contributed by atoms with Gasteiger partial charge in [0.05, 0.1) is 0 Å². The molecule has 25 heavy (non-hydrogen) atoms. The van der Waals surface area contributed by atoms with Crippen molar-refractivity contribution in [2.75, 3.05) is 56.2 Å². The number of hydrogen-bond donors (Lipinski definition) is 0. The van der Waals surface area contributed by atoms with E-state index in [1.165, 1.54) is 0 Å². The third-order valence-corrected chi connectivity index (χ3v) is 4.95. The average molecular weight is 340 g/mol. The predicted molar refractivity (Wildman–Crippen MR) is 96.8 cm³/mol. The highest BCUT2D eigenvalue weighted by atomic mass is 16.5. The van der Waals surface area contributed by atoms with Crippen molar-refractivity contribution in [1.29, 1.82) is 0 Å². The molecule has 0 bridgehead atoms. The molecule has 7 heteroatoms. The maximum atomic E-state index is 5.12. The van der Waals surface area contributed by atoms with Crippen LogP contribution in [0.25, 0.3) is 0 Å². The van der Waals surface area contributed by atoms with Crippen LogP contribution in [0.15, 0.2) is 36.7 Å². The average Bonchev–Trinajstić information content (AvgIpc) is 2.63. The second-order valence-corrected chi connectivity index (χ2v) is 6.53. The molecule has 0 spiro atoms. The van der Waals surface area contributed by atoms with Crippen molar-refractivity contribution in [2.24, 2.45) is 0 Å². The molecule has 2 aromatic rings. The van der Waals surface area contributed by atoms with Crippen LogP contribution < -0.4 is 9.80 Å². The Bertz CT molecular complexity index is 683. The predicted octanol–water partition coefficient (Wildman–Crippen LogP) is 1.03. The van der Waals surface area contributed by atoms with Gasteiger partial charge in [-0.2, -0.15) is 0 Å². The van der Waals surface area contributed by atoms with Crippen LogP contribution in [-0.4, -0.2) is 72.3 Å². The van der Waals surface area contributed by atoms with E-state index in [2.05, 4.69) is 41.8 Å². The van der Waals surface area contributed by atoms with Gasteiger partial charge in [-0.25, -0.2) is 15.0 Å². The van der Waals surface area contributed by atoms with Crippen molar-refractivity contribution < 1.29 is 4.74 Å². The Balaban J connectivity index is 1.28. The maximum Gasteiger partial charge on any atom is 0.156 e. The number of piperazine rings is 1. The summed E-state index contributed by atoms with van der Waals surface area (Å²) in [5.74, 6) is 2.84. The first kappa shape index (κ1) is 16.2. The number of nitrogens with zero attached hydrogens (tertiary/aromatic N) is 6. The lowest BCUT2D eigenvalue weighted by Gasteiger charge is -2.48. The van der Waals surface area contributed by atoms with Gasteiger partial charge in [-0.05, 0) is 18.2 Å². The highest BCUT2D eigenvalue weighted by molar-refractivity contribution is 5.42. The van der Waals surface area contributed by atoms with E-state index >= 15 is 0 Å². The van der Waals surface area contributed by atoms with Gasteiger partial charge in [0.1, 0.15) is 18.2 Å². The summed E-state index contributed by atoms with van der Waals surface area (Å²) in [4.78, 5) is 20.5. The smallest absolute Gasteiger partial charge is 0.156 e. The number of pyridine rings is 1. The number of anilines is 2. The molecule has 0 radical (unpaired) electrons. The minimum atomic E-state index is 0.459. The van der Waals surface area contributed by atoms with Gasteiger partial charge in [0.25, 0.3) is 0 Å². The first-order chi connectivity index (χ1) is 12.3. The normalized spacial score (nSPS) is 19.1. The lowest BCUT2D eigenvalue weighted by atomic mass is 10.1. The second kappa shape index (κ2) is 7.33. The third kappa shape index (κ3) is 3.57. The SMILES string of the molecule is COCc1nccc(N2CC(N3CCN(c4ccccn4)CC3)C2)n1. The Morgan fingerprint density at radius 3 is 2.52 bits per heavy atom. The summed E-state index contributed by atoms with van der Waals surface area (Å²) >= 11 is 0. The van der Waals surface area contributed by atoms with Crippen LogP contribution in [0.1, 0.15) is 5.82 Å². The molecule has 2 aromatic heterocycles. The van der Waals surface area contributed by atoms with E-state index < -0.39 is 0 Å². The van der Waals surface area contributed by atoms with Crippen molar-refractivity contribution in [3.8, 4) is 0 Å². The summed E-state index contributed by atoms with van der Waals surface area (Å²) in [7, 11) is 1.67. The minimum absolute atomic E-state index is 0.459. The quantitative estimate of drug-likeness (QED) is 0.806. The topological polar surface area (TPSA) is 57.6 Å². The maximum absolute atomic E-state index is 5.12. The van der Waals surface area contributed by atoms with E-state index in [0.717, 1.165) is 56.7 Å². The molecule has 4 rings (SSSR count). The van der Waals surface area contributed by atoms with Crippen LogP contribution in [0.3, 0.4) is 0 Å². The van der Waals surface area contributed by atoms with Gasteiger partial charge in [-0.15, -0.1) is 0 Å². The van der Waals surface area contributed by atoms with E-state index in [1.54, 1.807) is 7.11 Å². The van der Waals surface area contributed by atoms with E-state index in [0.29, 0.717) is 12.6 Å². The van der Waals surface area contributed by atoms with Gasteiger partial charge in [0.15, 0.2) is 5.82 Å². The van der Waals surface area contributed by atoms with Crippen LogP contribution in [0.5, 0.6) is 0 Å². The number of ether oxygens (including phenoxy) is 1. The highest BCUT2D eigenvalue weighted by Crippen LogP contribution is 2.23. The molecular formula is C18H24N6O. The fourth-order valence-electron chi connectivity index (χ4n) is 3.49. The molecule has 7 nitrogen and oxygen atoms in total. The van der Waals surface area contributed by atoms with Crippen LogP contribution in [0.4, 0.5) is 11.6 Å². The number of rotatable bonds is 5. The van der Waals surface area contributed by atoms with Crippen molar-refractivity contribution in [2.45, 2.75) is 12.6 Å². The molecule has 2 aliphatic rings. The van der Waals surface area contributed by atoms with Crippen molar-refractivity contribution in [3.63, 3.8) is 0 Å². The Morgan fingerprint density at radius 1 is 0.960 bits per heavy atom. The summed E-state index contributed by atoms with van der Waals surface area (Å²) < 4.78 is 5.12. The lowest BCUT2D eigenvalue weighted by Crippen LogP contribution is -2.63. The van der Waals surface area contributed by atoms with Gasteiger partial charge in [0, 0.05) is 64.8 Å². The fourth-order valence-corrected chi connectivity index (χ4v) is 3.49. The lowest BCUT2D eigenvalue weighted by molar-refractivity contribution is 0.156. The molecule has 2 aliphatic heterocycles. The largest absolute Gasteiger partial charge is 0.377 e. The molecule has 0 amide bonds. The number of methoxy groups -OCH3 is 1. The molecule has 0 atom stereocenters. The zero-order valence-electron chi connectivity index (χ0n) is 14.6. The molecule has 0 aliphatic carbocycles. The molecule has 0 aromatic carbocycles. The second-order valence-electron chi connectivity index (χ2n) is 6.53. The minimum Gasteiger partial charge on any atom is -0.377 e. The van der Waals surface area contributed by atoms with E-state index in [-0.39, 0.29) is 0 Å². The first-order valence-corrected chi connectivity index (χ1v) is 8.79. The zero-order valence-corrected chi connectivity index (χ0v) is 14.6. The Kier molecular flexibility index (Phi) is 4.76. The molecular weight excluding hydrogens is 316 g/mol. The van der Waals surface area contributed by atoms with E-state index in [9.17, 15) is 0 Å². The van der Waals surface area contributed by atoms with Crippen LogP contribution >= 0.6 is 0 Å². The summed E-state index contributed by atoms with van der Waals surface area (Å²) in [5, 5.41) is 0. The molecule has 4 heterocycles. The van der Waals surface area contributed by atoms with Gasteiger partial charge in [0.2, 0.25) is 0 Å². The summed E-state index contributed by atoms with van der Waals surface area (Å²) in [5.41, 5.74) is 0. The monoisotopic (exact) mass is 340 g/mol. The Morgan fingerprint density at radius 2 is 1.80 bits per heavy atom. The molecule has 0 N–H and O–H groups in total. The third-order valence-electron chi connectivity index (χ3n) is 4.95. The molecule has 2 saturated heterocycles. The standard InChI is InChI=1S/C18H24N6O/c1-25-14-16-19-7-5-18(21-16)24-12-15(13-24)22-8-10-23(11-9-22)17-4-2-3-6-20-17/h2-7,15H,8-14H2,1H3. The number of aromatic nitrogens is 3. The van der Waals surface area contributed by atoms with Gasteiger partial charge < -0.3 is 14.5 Å². The van der Waals surface area contributed by atoms with Crippen molar-refractivity contribution in [1.82, 2.24) is 19.9 Å². The highest BCUT2D eigenvalue weighted by Gasteiger charge is 2.34. The molecule has 0 unspecified atom stereocenters. The van der Waals surface area contributed by atoms with Crippen molar-refractivity contribution >= 4 is 11.6 Å². The Hall–Kier alpha value is -2.25.